The molecule has 3 aromatic rings. The number of fused-ring (bicyclic) bond motifs is 1. The van der Waals surface area contributed by atoms with E-state index in [1.54, 1.807) is 37.4 Å². The number of methoxy groups -OCH3 is 1. The minimum Gasteiger partial charge on any atom is -0.496 e. The fourth-order valence-electron chi connectivity index (χ4n) is 3.03. The number of nitrogens with zero attached hydrogens (tertiary/aromatic N) is 3. The van der Waals surface area contributed by atoms with Crippen LogP contribution in [0.4, 0.5) is 5.69 Å². The molecule has 150 valence electrons. The molecule has 2 N–H and O–H groups in total. The van der Waals surface area contributed by atoms with Crippen LogP contribution in [-0.4, -0.2) is 46.3 Å². The first-order valence-electron chi connectivity index (χ1n) is 9.06. The van der Waals surface area contributed by atoms with Crippen molar-refractivity contribution in [3.05, 3.63) is 59.9 Å². The first-order chi connectivity index (χ1) is 14.1. The average Bonchev–Trinajstić information content (AvgIpc) is 3.22. The molecule has 29 heavy (non-hydrogen) atoms. The standard InChI is InChI=1S/C20H20N4O5/c1-27-17-5-3-2-4-14(17)16(25)12-24-11-15(22-23-24)20(26)21-13-6-7-18-19(10-13)29-9-8-28-18/h2-7,10-11,16,25H,8-9,12H2,1H3,(H,21,26). The minimum absolute atomic E-state index is 0.130. The van der Waals surface area contributed by atoms with Gasteiger partial charge in [-0.05, 0) is 18.2 Å². The summed E-state index contributed by atoms with van der Waals surface area (Å²) < 4.78 is 17.7. The van der Waals surface area contributed by atoms with Gasteiger partial charge in [0.15, 0.2) is 17.2 Å². The number of rotatable bonds is 6. The highest BCUT2D eigenvalue weighted by Crippen LogP contribution is 2.32. The monoisotopic (exact) mass is 396 g/mol. The van der Waals surface area contributed by atoms with Crippen LogP contribution >= 0.6 is 0 Å². The van der Waals surface area contributed by atoms with Crippen LogP contribution in [-0.2, 0) is 6.54 Å². The number of ether oxygens (including phenoxy) is 3. The Kier molecular flexibility index (Phi) is 5.30. The number of nitrogens with one attached hydrogen (secondary N) is 1. The molecular weight excluding hydrogens is 376 g/mol. The van der Waals surface area contributed by atoms with E-state index in [1.165, 1.54) is 10.9 Å². The Labute approximate surface area is 166 Å². The van der Waals surface area contributed by atoms with E-state index in [-0.39, 0.29) is 12.2 Å². The summed E-state index contributed by atoms with van der Waals surface area (Å²) in [4.78, 5) is 12.5. The molecule has 2 aromatic carbocycles. The molecule has 1 amide bonds. The highest BCUT2D eigenvalue weighted by molar-refractivity contribution is 6.02. The Morgan fingerprint density at radius 2 is 2.03 bits per heavy atom. The number of aromatic nitrogens is 3. The van der Waals surface area contributed by atoms with Gasteiger partial charge in [-0.1, -0.05) is 23.4 Å². The van der Waals surface area contributed by atoms with E-state index in [4.69, 9.17) is 14.2 Å². The van der Waals surface area contributed by atoms with Crippen molar-refractivity contribution in [1.29, 1.82) is 0 Å². The normalized spacial score (nSPS) is 13.6. The number of carbonyl (C=O) groups is 1. The third-order valence-corrected chi connectivity index (χ3v) is 4.43. The molecule has 9 heteroatoms. The quantitative estimate of drug-likeness (QED) is 0.656. The minimum atomic E-state index is -0.860. The topological polar surface area (TPSA) is 108 Å². The summed E-state index contributed by atoms with van der Waals surface area (Å²) in [6, 6.07) is 12.3. The van der Waals surface area contributed by atoms with Gasteiger partial charge < -0.3 is 24.6 Å². The summed E-state index contributed by atoms with van der Waals surface area (Å²) in [5, 5.41) is 21.1. The maximum Gasteiger partial charge on any atom is 0.277 e. The van der Waals surface area contributed by atoms with Crippen molar-refractivity contribution in [1.82, 2.24) is 15.0 Å². The lowest BCUT2D eigenvalue weighted by Crippen LogP contribution is -2.16. The number of hydrogen-bond acceptors (Lipinski definition) is 7. The summed E-state index contributed by atoms with van der Waals surface area (Å²) in [6.45, 7) is 1.10. The predicted molar refractivity (Wildman–Crippen MR) is 103 cm³/mol. The van der Waals surface area contributed by atoms with Gasteiger partial charge in [0.1, 0.15) is 25.1 Å². The molecule has 1 aliphatic heterocycles. The van der Waals surface area contributed by atoms with Gasteiger partial charge in [0.05, 0.1) is 19.9 Å². The number of aliphatic hydroxyl groups is 1. The van der Waals surface area contributed by atoms with Gasteiger partial charge in [-0.25, -0.2) is 4.68 Å². The number of benzene rings is 2. The van der Waals surface area contributed by atoms with Crippen LogP contribution in [0, 0.1) is 0 Å². The molecule has 0 fully saturated rings. The van der Waals surface area contributed by atoms with Crippen LogP contribution in [0.3, 0.4) is 0 Å². The molecule has 0 radical (unpaired) electrons. The zero-order valence-electron chi connectivity index (χ0n) is 15.7. The maximum absolute atomic E-state index is 12.5. The largest absolute Gasteiger partial charge is 0.496 e. The van der Waals surface area contributed by atoms with Crippen molar-refractivity contribution in [2.45, 2.75) is 12.6 Å². The van der Waals surface area contributed by atoms with Crippen LogP contribution in [0.1, 0.15) is 22.2 Å². The molecule has 0 aliphatic carbocycles. The van der Waals surface area contributed by atoms with Crippen molar-refractivity contribution in [2.75, 3.05) is 25.6 Å². The van der Waals surface area contributed by atoms with Crippen LogP contribution in [0.15, 0.2) is 48.7 Å². The van der Waals surface area contributed by atoms with Gasteiger partial charge in [0.2, 0.25) is 0 Å². The van der Waals surface area contributed by atoms with E-state index in [1.807, 2.05) is 12.1 Å². The number of hydrogen-bond donors (Lipinski definition) is 2. The molecule has 2 heterocycles. The van der Waals surface area contributed by atoms with E-state index < -0.39 is 12.0 Å². The van der Waals surface area contributed by atoms with Gasteiger partial charge in [-0.2, -0.15) is 0 Å². The third kappa shape index (κ3) is 4.14. The van der Waals surface area contributed by atoms with Gasteiger partial charge in [0, 0.05) is 17.3 Å². The first-order valence-corrected chi connectivity index (χ1v) is 9.06. The lowest BCUT2D eigenvalue weighted by molar-refractivity contribution is 0.102. The van der Waals surface area contributed by atoms with Crippen molar-refractivity contribution in [2.24, 2.45) is 0 Å². The highest BCUT2D eigenvalue weighted by atomic mass is 16.6. The van der Waals surface area contributed by atoms with E-state index in [2.05, 4.69) is 15.6 Å². The molecule has 0 saturated heterocycles. The molecule has 0 spiro atoms. The lowest BCUT2D eigenvalue weighted by atomic mass is 10.1. The fraction of sp³-hybridized carbons (Fsp3) is 0.250. The van der Waals surface area contributed by atoms with Crippen LogP contribution in [0.25, 0.3) is 0 Å². The second-order valence-electron chi connectivity index (χ2n) is 6.40. The highest BCUT2D eigenvalue weighted by Gasteiger charge is 2.18. The molecule has 1 aromatic heterocycles. The summed E-state index contributed by atoms with van der Waals surface area (Å²) in [6.07, 6.45) is 0.618. The Morgan fingerprint density at radius 3 is 2.86 bits per heavy atom. The summed E-state index contributed by atoms with van der Waals surface area (Å²) >= 11 is 0. The molecule has 4 rings (SSSR count). The number of carbonyl (C=O) groups excluding carboxylic acids is 1. The average molecular weight is 396 g/mol. The summed E-state index contributed by atoms with van der Waals surface area (Å²) in [7, 11) is 1.54. The van der Waals surface area contributed by atoms with E-state index >= 15 is 0 Å². The van der Waals surface area contributed by atoms with Crippen LogP contribution < -0.4 is 19.5 Å². The maximum atomic E-state index is 12.5. The molecule has 0 saturated carbocycles. The fourth-order valence-corrected chi connectivity index (χ4v) is 3.03. The van der Waals surface area contributed by atoms with Crippen molar-refractivity contribution < 1.29 is 24.1 Å². The molecule has 1 atom stereocenters. The molecule has 9 nitrogen and oxygen atoms in total. The molecular formula is C20H20N4O5. The molecule has 0 bridgehead atoms. The first kappa shape index (κ1) is 18.8. The molecule has 1 unspecified atom stereocenters. The Morgan fingerprint density at radius 1 is 1.24 bits per heavy atom. The van der Waals surface area contributed by atoms with Crippen molar-refractivity contribution in [3.63, 3.8) is 0 Å². The van der Waals surface area contributed by atoms with E-state index in [9.17, 15) is 9.90 Å². The van der Waals surface area contributed by atoms with Crippen LogP contribution in [0.2, 0.25) is 0 Å². The predicted octanol–water partition coefficient (Wildman–Crippen LogP) is 2.04. The van der Waals surface area contributed by atoms with Crippen molar-refractivity contribution in [3.8, 4) is 17.2 Å². The zero-order chi connectivity index (χ0) is 20.2. The van der Waals surface area contributed by atoms with E-state index in [0.717, 1.165) is 0 Å². The number of para-hydroxylation sites is 1. The molecule has 1 aliphatic rings. The smallest absolute Gasteiger partial charge is 0.277 e. The third-order valence-electron chi connectivity index (χ3n) is 4.43. The zero-order valence-corrected chi connectivity index (χ0v) is 15.7. The lowest BCUT2D eigenvalue weighted by Gasteiger charge is -2.18. The van der Waals surface area contributed by atoms with Gasteiger partial charge in [-0.3, -0.25) is 4.79 Å². The Hall–Kier alpha value is -3.59. The number of anilines is 1. The van der Waals surface area contributed by atoms with Crippen LogP contribution in [0.5, 0.6) is 17.2 Å². The second kappa shape index (κ2) is 8.19. The van der Waals surface area contributed by atoms with Gasteiger partial charge in [0.25, 0.3) is 5.91 Å². The second-order valence-corrected chi connectivity index (χ2v) is 6.40. The summed E-state index contributed by atoms with van der Waals surface area (Å²) in [5.74, 6) is 1.39. The number of aliphatic hydroxyl groups excluding tert-OH is 1. The summed E-state index contributed by atoms with van der Waals surface area (Å²) in [5.41, 5.74) is 1.32. The van der Waals surface area contributed by atoms with E-state index in [0.29, 0.717) is 41.7 Å². The Balaban J connectivity index is 1.42. The number of amides is 1. The SMILES string of the molecule is COc1ccccc1C(O)Cn1cc(C(=O)Nc2ccc3c(c2)OCCO3)nn1. The van der Waals surface area contributed by atoms with Gasteiger partial charge >= 0.3 is 0 Å². The Bertz CT molecular complexity index is 1020. The van der Waals surface area contributed by atoms with Crippen molar-refractivity contribution >= 4 is 11.6 Å². The van der Waals surface area contributed by atoms with Gasteiger partial charge in [-0.15, -0.1) is 5.10 Å².